The first kappa shape index (κ1) is 21.4. The molecule has 1 fully saturated rings. The first-order valence-electron chi connectivity index (χ1n) is 9.35. The van der Waals surface area contributed by atoms with Crippen molar-refractivity contribution in [3.8, 4) is 0 Å². The van der Waals surface area contributed by atoms with Crippen molar-refractivity contribution in [3.63, 3.8) is 0 Å². The molecule has 0 amide bonds. The third-order valence-corrected chi connectivity index (χ3v) is 6.75. The van der Waals surface area contributed by atoms with Gasteiger partial charge in [0.15, 0.2) is 5.96 Å². The average molecular weight is 400 g/mol. The van der Waals surface area contributed by atoms with Gasteiger partial charge in [-0.1, -0.05) is 13.8 Å². The Balaban J connectivity index is 1.84. The SMILES string of the molecule is CCN(CC)S(=O)(=O)CCNC(=NC)N1CCN(c2ccc(F)cc2)CC1. The standard InChI is InChI=1S/C18H30FN5O2S/c1-4-24(5-2)27(25,26)15-10-21-18(20-3)23-13-11-22(12-14-23)17-8-6-16(19)7-9-17/h6-9H,4-5,10-15H2,1-3H3,(H,20,21). The Kier molecular flexibility index (Phi) is 7.85. The van der Waals surface area contributed by atoms with Crippen LogP contribution in [0, 0.1) is 5.82 Å². The fourth-order valence-electron chi connectivity index (χ4n) is 3.20. The Morgan fingerprint density at radius 3 is 2.26 bits per heavy atom. The Morgan fingerprint density at radius 2 is 1.74 bits per heavy atom. The molecule has 0 aliphatic carbocycles. The molecule has 152 valence electrons. The number of benzene rings is 1. The molecule has 1 aliphatic heterocycles. The summed E-state index contributed by atoms with van der Waals surface area (Å²) in [4.78, 5) is 8.60. The average Bonchev–Trinajstić information content (AvgIpc) is 2.67. The van der Waals surface area contributed by atoms with E-state index in [4.69, 9.17) is 0 Å². The van der Waals surface area contributed by atoms with Crippen LogP contribution in [0.25, 0.3) is 0 Å². The summed E-state index contributed by atoms with van der Waals surface area (Å²) in [5.41, 5.74) is 1.00. The summed E-state index contributed by atoms with van der Waals surface area (Å²) in [6.07, 6.45) is 0. The van der Waals surface area contributed by atoms with Gasteiger partial charge in [0.25, 0.3) is 0 Å². The number of nitrogens with zero attached hydrogens (tertiary/aromatic N) is 4. The lowest BCUT2D eigenvalue weighted by Crippen LogP contribution is -2.53. The number of aliphatic imine (C=N–C) groups is 1. The predicted molar refractivity (Wildman–Crippen MR) is 108 cm³/mol. The van der Waals surface area contributed by atoms with E-state index in [0.717, 1.165) is 31.9 Å². The van der Waals surface area contributed by atoms with Gasteiger partial charge in [0.05, 0.1) is 5.75 Å². The molecule has 7 nitrogen and oxygen atoms in total. The molecule has 0 unspecified atom stereocenters. The Morgan fingerprint density at radius 1 is 1.15 bits per heavy atom. The molecule has 0 radical (unpaired) electrons. The second kappa shape index (κ2) is 9.89. The van der Waals surface area contributed by atoms with Crippen molar-refractivity contribution in [3.05, 3.63) is 30.1 Å². The van der Waals surface area contributed by atoms with E-state index in [1.54, 1.807) is 19.2 Å². The van der Waals surface area contributed by atoms with Gasteiger partial charge in [0.1, 0.15) is 5.82 Å². The van der Waals surface area contributed by atoms with Gasteiger partial charge >= 0.3 is 0 Å². The lowest BCUT2D eigenvalue weighted by Gasteiger charge is -2.37. The van der Waals surface area contributed by atoms with Crippen LogP contribution in [0.3, 0.4) is 0 Å². The normalized spacial score (nSPS) is 16.1. The molecule has 1 aliphatic rings. The number of piperazine rings is 1. The van der Waals surface area contributed by atoms with Gasteiger partial charge in [-0.15, -0.1) is 0 Å². The first-order valence-corrected chi connectivity index (χ1v) is 11.0. The Bertz CT molecular complexity index is 712. The molecule has 1 saturated heterocycles. The zero-order valence-corrected chi connectivity index (χ0v) is 17.2. The number of hydrogen-bond acceptors (Lipinski definition) is 4. The molecular weight excluding hydrogens is 369 g/mol. The van der Waals surface area contributed by atoms with E-state index in [9.17, 15) is 12.8 Å². The van der Waals surface area contributed by atoms with Crippen molar-refractivity contribution in [1.82, 2.24) is 14.5 Å². The molecule has 0 atom stereocenters. The topological polar surface area (TPSA) is 68.2 Å². The molecule has 1 aromatic rings. The van der Waals surface area contributed by atoms with E-state index < -0.39 is 10.0 Å². The molecule has 9 heteroatoms. The zero-order chi connectivity index (χ0) is 19.9. The molecule has 27 heavy (non-hydrogen) atoms. The summed E-state index contributed by atoms with van der Waals surface area (Å²) in [6, 6.07) is 6.52. The van der Waals surface area contributed by atoms with E-state index >= 15 is 0 Å². The van der Waals surface area contributed by atoms with Crippen molar-refractivity contribution in [1.29, 1.82) is 0 Å². The lowest BCUT2D eigenvalue weighted by molar-refractivity contribution is 0.373. The van der Waals surface area contributed by atoms with Gasteiger partial charge < -0.3 is 15.1 Å². The second-order valence-electron chi connectivity index (χ2n) is 6.32. The molecule has 0 spiro atoms. The third-order valence-electron chi connectivity index (χ3n) is 4.72. The van der Waals surface area contributed by atoms with Crippen molar-refractivity contribution in [2.24, 2.45) is 4.99 Å². The second-order valence-corrected chi connectivity index (χ2v) is 8.41. The van der Waals surface area contributed by atoms with Gasteiger partial charge in [-0.2, -0.15) is 0 Å². The number of nitrogens with one attached hydrogen (secondary N) is 1. The van der Waals surface area contributed by atoms with Gasteiger partial charge in [0.2, 0.25) is 10.0 Å². The smallest absolute Gasteiger partial charge is 0.215 e. The summed E-state index contributed by atoms with van der Waals surface area (Å²) in [5.74, 6) is 0.522. The third kappa shape index (κ3) is 5.80. The highest BCUT2D eigenvalue weighted by molar-refractivity contribution is 7.89. The number of rotatable bonds is 7. The summed E-state index contributed by atoms with van der Waals surface area (Å²) in [5, 5.41) is 3.16. The molecule has 1 aromatic carbocycles. The highest BCUT2D eigenvalue weighted by Crippen LogP contribution is 2.16. The van der Waals surface area contributed by atoms with E-state index in [1.165, 1.54) is 16.4 Å². The van der Waals surface area contributed by atoms with Gasteiger partial charge in [-0.3, -0.25) is 4.99 Å². The van der Waals surface area contributed by atoms with Crippen LogP contribution in [0.15, 0.2) is 29.3 Å². The van der Waals surface area contributed by atoms with Gasteiger partial charge in [-0.05, 0) is 24.3 Å². The van der Waals surface area contributed by atoms with Gasteiger partial charge in [-0.25, -0.2) is 17.1 Å². The van der Waals surface area contributed by atoms with Crippen LogP contribution in [-0.4, -0.2) is 82.2 Å². The molecule has 0 bridgehead atoms. The number of anilines is 1. The Hall–Kier alpha value is -1.87. The number of sulfonamides is 1. The lowest BCUT2D eigenvalue weighted by atomic mass is 10.2. The van der Waals surface area contributed by atoms with Crippen LogP contribution in [-0.2, 0) is 10.0 Å². The zero-order valence-electron chi connectivity index (χ0n) is 16.4. The molecule has 0 aromatic heterocycles. The maximum atomic E-state index is 13.1. The molecule has 1 heterocycles. The predicted octanol–water partition coefficient (Wildman–Crippen LogP) is 1.19. The monoisotopic (exact) mass is 399 g/mol. The fourth-order valence-corrected chi connectivity index (χ4v) is 4.60. The van der Waals surface area contributed by atoms with Crippen LogP contribution in [0.2, 0.25) is 0 Å². The highest BCUT2D eigenvalue weighted by atomic mass is 32.2. The van der Waals surface area contributed by atoms with E-state index in [2.05, 4.69) is 20.1 Å². The van der Waals surface area contributed by atoms with Crippen molar-refractivity contribution < 1.29 is 12.8 Å². The van der Waals surface area contributed by atoms with Crippen molar-refractivity contribution >= 4 is 21.7 Å². The molecule has 1 N–H and O–H groups in total. The highest BCUT2D eigenvalue weighted by Gasteiger charge is 2.22. The number of hydrogen-bond donors (Lipinski definition) is 1. The van der Waals surface area contributed by atoms with Crippen LogP contribution < -0.4 is 10.2 Å². The van der Waals surface area contributed by atoms with Crippen LogP contribution in [0.4, 0.5) is 10.1 Å². The van der Waals surface area contributed by atoms with E-state index in [-0.39, 0.29) is 11.6 Å². The van der Waals surface area contributed by atoms with Crippen LogP contribution in [0.1, 0.15) is 13.8 Å². The fraction of sp³-hybridized carbons (Fsp3) is 0.611. The van der Waals surface area contributed by atoms with Crippen molar-refractivity contribution in [2.45, 2.75) is 13.8 Å². The quantitative estimate of drug-likeness (QED) is 0.551. The van der Waals surface area contributed by atoms with E-state index in [1.807, 2.05) is 13.8 Å². The van der Waals surface area contributed by atoms with E-state index in [0.29, 0.717) is 25.6 Å². The minimum Gasteiger partial charge on any atom is -0.368 e. The maximum absolute atomic E-state index is 13.1. The minimum absolute atomic E-state index is 0.0449. The summed E-state index contributed by atoms with van der Waals surface area (Å²) in [7, 11) is -1.55. The van der Waals surface area contributed by atoms with Crippen molar-refractivity contribution in [2.75, 3.05) is 63.5 Å². The maximum Gasteiger partial charge on any atom is 0.215 e. The molecular formula is C18H30FN5O2S. The molecule has 0 saturated carbocycles. The minimum atomic E-state index is -3.25. The number of guanidine groups is 1. The van der Waals surface area contributed by atoms with Crippen LogP contribution in [0.5, 0.6) is 0 Å². The van der Waals surface area contributed by atoms with Gasteiger partial charge in [0, 0.05) is 58.5 Å². The largest absolute Gasteiger partial charge is 0.368 e. The number of halogens is 1. The first-order chi connectivity index (χ1) is 12.9. The van der Waals surface area contributed by atoms with Crippen LogP contribution >= 0.6 is 0 Å². The summed E-state index contributed by atoms with van der Waals surface area (Å²) >= 11 is 0. The summed E-state index contributed by atoms with van der Waals surface area (Å²) in [6.45, 7) is 8.09. The summed E-state index contributed by atoms with van der Waals surface area (Å²) < 4.78 is 39.1. The Labute approximate surface area is 161 Å². The molecule has 2 rings (SSSR count).